The molecule has 0 N–H and O–H groups in total. The smallest absolute Gasteiger partial charge is 0.182 e. The molecule has 2 unspecified atom stereocenters. The molecule has 2 atom stereocenters. The van der Waals surface area contributed by atoms with Crippen LogP contribution in [0.3, 0.4) is 0 Å². The fourth-order valence-electron chi connectivity index (χ4n) is 7.26. The van der Waals surface area contributed by atoms with E-state index in [0.717, 1.165) is 55.6 Å². The van der Waals surface area contributed by atoms with Crippen molar-refractivity contribution in [3.63, 3.8) is 0 Å². The summed E-state index contributed by atoms with van der Waals surface area (Å²) in [5.41, 5.74) is 8.81. The normalized spacial score (nSPS) is 16.3. The van der Waals surface area contributed by atoms with Gasteiger partial charge in [0.15, 0.2) is 11.6 Å². The van der Waals surface area contributed by atoms with E-state index >= 15 is 0 Å². The third-order valence-electron chi connectivity index (χ3n) is 9.38. The fourth-order valence-corrected chi connectivity index (χ4v) is 7.26. The van der Waals surface area contributed by atoms with Crippen LogP contribution in [-0.4, -0.2) is 20.6 Å². The van der Waals surface area contributed by atoms with Crippen LogP contribution < -0.4 is 4.90 Å². The summed E-state index contributed by atoms with van der Waals surface area (Å²) in [4.78, 5) is 13.5. The Bertz CT molecular complexity index is 2550. The second kappa shape index (κ2) is 10.9. The maximum Gasteiger partial charge on any atom is 0.182 e. The molecule has 224 valence electrons. The number of hydrogen-bond donors (Lipinski definition) is 0. The van der Waals surface area contributed by atoms with E-state index in [9.17, 15) is 10.5 Å². The van der Waals surface area contributed by atoms with Crippen LogP contribution in [0.5, 0.6) is 0 Å². The molecule has 2 aromatic heterocycles. The SMILES string of the molecule is N#CC1=CC2c3ccccc3N(c3nc(-c4ccccc4)c(-c4ccccc4)nc3-n3c4ccccc4c4cc(C#N)ccc43)C2C=C1. The van der Waals surface area contributed by atoms with Gasteiger partial charge in [-0.05, 0) is 42.0 Å². The molecule has 0 radical (unpaired) electrons. The van der Waals surface area contributed by atoms with E-state index in [1.165, 1.54) is 0 Å². The van der Waals surface area contributed by atoms with E-state index in [4.69, 9.17) is 9.97 Å². The number of para-hydroxylation sites is 2. The zero-order chi connectivity index (χ0) is 32.2. The Labute approximate surface area is 277 Å². The summed E-state index contributed by atoms with van der Waals surface area (Å²) in [6.45, 7) is 0. The highest BCUT2D eigenvalue weighted by Gasteiger charge is 2.41. The first kappa shape index (κ1) is 27.5. The van der Waals surface area contributed by atoms with Gasteiger partial charge in [0.1, 0.15) is 0 Å². The highest BCUT2D eigenvalue weighted by Crippen LogP contribution is 2.50. The molecule has 0 saturated heterocycles. The van der Waals surface area contributed by atoms with Crippen molar-refractivity contribution in [1.29, 1.82) is 10.5 Å². The molecule has 1 aliphatic carbocycles. The number of rotatable bonds is 4. The van der Waals surface area contributed by atoms with E-state index < -0.39 is 0 Å². The van der Waals surface area contributed by atoms with Gasteiger partial charge in [0.2, 0.25) is 0 Å². The van der Waals surface area contributed by atoms with Crippen LogP contribution in [0.4, 0.5) is 11.5 Å². The van der Waals surface area contributed by atoms with E-state index in [2.05, 4.69) is 94.4 Å². The van der Waals surface area contributed by atoms with Crippen LogP contribution in [0, 0.1) is 22.7 Å². The molecular formula is C42H26N6. The zero-order valence-corrected chi connectivity index (χ0v) is 25.7. The molecule has 9 rings (SSSR count). The lowest BCUT2D eigenvalue weighted by Gasteiger charge is -2.30. The van der Waals surface area contributed by atoms with Crippen molar-refractivity contribution >= 4 is 33.3 Å². The third-order valence-corrected chi connectivity index (χ3v) is 9.38. The Kier molecular flexibility index (Phi) is 6.28. The number of anilines is 2. The van der Waals surface area contributed by atoms with Crippen molar-refractivity contribution < 1.29 is 0 Å². The molecule has 5 aromatic carbocycles. The highest BCUT2D eigenvalue weighted by molar-refractivity contribution is 6.10. The van der Waals surface area contributed by atoms with Crippen molar-refractivity contribution in [3.8, 4) is 40.5 Å². The number of benzene rings is 5. The van der Waals surface area contributed by atoms with Gasteiger partial charge in [-0.25, -0.2) is 9.97 Å². The standard InChI is InChI=1S/C42H26N6/c43-25-27-19-21-37-33(23-27)31-15-7-9-17-35(31)47(37)41-42(48-36-18-10-8-16-32(36)34-24-28(26-44)20-22-38(34)48)46-40(30-13-5-2-6-14-30)39(45-41)29-11-3-1-4-12-29/h1-24,33,37H. The van der Waals surface area contributed by atoms with Gasteiger partial charge in [-0.2, -0.15) is 10.5 Å². The second-order valence-electron chi connectivity index (χ2n) is 12.0. The van der Waals surface area contributed by atoms with Gasteiger partial charge in [0.25, 0.3) is 0 Å². The summed E-state index contributed by atoms with van der Waals surface area (Å²) >= 11 is 0. The molecule has 6 nitrogen and oxygen atoms in total. The van der Waals surface area contributed by atoms with Crippen LogP contribution >= 0.6 is 0 Å². The van der Waals surface area contributed by atoms with Crippen molar-refractivity contribution in [1.82, 2.24) is 14.5 Å². The van der Waals surface area contributed by atoms with Crippen molar-refractivity contribution in [2.45, 2.75) is 12.0 Å². The average Bonchev–Trinajstić information content (AvgIpc) is 3.67. The quantitative estimate of drug-likeness (QED) is 0.197. The minimum Gasteiger partial charge on any atom is -0.315 e. The Morgan fingerprint density at radius 3 is 1.98 bits per heavy atom. The van der Waals surface area contributed by atoms with Gasteiger partial charge >= 0.3 is 0 Å². The first-order chi connectivity index (χ1) is 23.7. The molecule has 0 amide bonds. The number of aromatic nitrogens is 3. The Balaban J connectivity index is 1.42. The molecule has 1 aliphatic heterocycles. The van der Waals surface area contributed by atoms with Crippen molar-refractivity contribution in [2.24, 2.45) is 0 Å². The van der Waals surface area contributed by atoms with Gasteiger partial charge in [-0.3, -0.25) is 4.57 Å². The molecule has 3 heterocycles. The molecule has 6 heteroatoms. The van der Waals surface area contributed by atoms with Crippen LogP contribution in [0.2, 0.25) is 0 Å². The molecule has 0 saturated carbocycles. The van der Waals surface area contributed by atoms with Crippen LogP contribution in [0.1, 0.15) is 17.0 Å². The fraction of sp³-hybridized carbons (Fsp3) is 0.0476. The first-order valence-electron chi connectivity index (χ1n) is 15.9. The van der Waals surface area contributed by atoms with E-state index in [1.54, 1.807) is 0 Å². The molecule has 0 spiro atoms. The van der Waals surface area contributed by atoms with Gasteiger partial charge < -0.3 is 4.90 Å². The number of nitriles is 2. The van der Waals surface area contributed by atoms with Gasteiger partial charge in [-0.15, -0.1) is 0 Å². The molecule has 7 aromatic rings. The van der Waals surface area contributed by atoms with Crippen LogP contribution in [0.15, 0.2) is 151 Å². The number of hydrogen-bond acceptors (Lipinski definition) is 5. The Hall–Kier alpha value is -6.76. The predicted molar refractivity (Wildman–Crippen MR) is 190 cm³/mol. The van der Waals surface area contributed by atoms with Crippen molar-refractivity contribution in [3.05, 3.63) is 162 Å². The van der Waals surface area contributed by atoms with Crippen molar-refractivity contribution in [2.75, 3.05) is 4.90 Å². The zero-order valence-electron chi connectivity index (χ0n) is 25.7. The average molecular weight is 615 g/mol. The Morgan fingerprint density at radius 1 is 0.604 bits per heavy atom. The minimum atomic E-state index is -0.114. The summed E-state index contributed by atoms with van der Waals surface area (Å²) < 4.78 is 2.19. The maximum absolute atomic E-state index is 9.82. The monoisotopic (exact) mass is 614 g/mol. The number of nitrogens with zero attached hydrogens (tertiary/aromatic N) is 6. The molecule has 0 fully saturated rings. The summed E-state index contributed by atoms with van der Waals surface area (Å²) in [6, 6.07) is 47.4. The summed E-state index contributed by atoms with van der Waals surface area (Å²) in [6.07, 6.45) is 6.09. The van der Waals surface area contributed by atoms with Gasteiger partial charge in [0, 0.05) is 39.1 Å². The lowest BCUT2D eigenvalue weighted by Crippen LogP contribution is -2.31. The van der Waals surface area contributed by atoms with E-state index in [-0.39, 0.29) is 12.0 Å². The lowest BCUT2D eigenvalue weighted by atomic mass is 9.89. The summed E-state index contributed by atoms with van der Waals surface area (Å²) in [5.74, 6) is 1.36. The molecule has 0 bridgehead atoms. The Morgan fingerprint density at radius 2 is 1.25 bits per heavy atom. The second-order valence-corrected chi connectivity index (χ2v) is 12.0. The van der Waals surface area contributed by atoms with E-state index in [0.29, 0.717) is 22.8 Å². The molecule has 2 aliphatic rings. The molecule has 48 heavy (non-hydrogen) atoms. The predicted octanol–water partition coefficient (Wildman–Crippen LogP) is 9.40. The summed E-state index contributed by atoms with van der Waals surface area (Å²) in [5, 5.41) is 21.6. The minimum absolute atomic E-state index is 0.0270. The van der Waals surface area contributed by atoms with Gasteiger partial charge in [0.05, 0.1) is 46.2 Å². The summed E-state index contributed by atoms with van der Waals surface area (Å²) in [7, 11) is 0. The third kappa shape index (κ3) is 4.17. The molecular weight excluding hydrogens is 589 g/mol. The van der Waals surface area contributed by atoms with Crippen LogP contribution in [0.25, 0.3) is 50.1 Å². The van der Waals surface area contributed by atoms with E-state index in [1.807, 2.05) is 72.8 Å². The largest absolute Gasteiger partial charge is 0.315 e. The van der Waals surface area contributed by atoms with Gasteiger partial charge in [-0.1, -0.05) is 109 Å². The number of fused-ring (bicyclic) bond motifs is 6. The number of allylic oxidation sites excluding steroid dienone is 2. The highest BCUT2D eigenvalue weighted by atomic mass is 15.3. The maximum atomic E-state index is 9.82. The topological polar surface area (TPSA) is 81.5 Å². The first-order valence-corrected chi connectivity index (χ1v) is 15.9. The lowest BCUT2D eigenvalue weighted by molar-refractivity contribution is 0.731. The van der Waals surface area contributed by atoms with Crippen LogP contribution in [-0.2, 0) is 0 Å².